The number of rotatable bonds is 2. The number of carbonyl (C=O) groups excluding carboxylic acids is 1. The minimum absolute atomic E-state index is 0.631. The van der Waals surface area contributed by atoms with Gasteiger partial charge in [-0.25, -0.2) is 0 Å². The maximum absolute atomic E-state index is 10.1. The van der Waals surface area contributed by atoms with Crippen LogP contribution in [-0.4, -0.2) is 16.4 Å². The van der Waals surface area contributed by atoms with E-state index in [0.29, 0.717) is 12.1 Å². The molecule has 2 N–H and O–H groups in total. The summed E-state index contributed by atoms with van der Waals surface area (Å²) in [6.45, 7) is 0. The zero-order valence-corrected chi connectivity index (χ0v) is 6.24. The third-order valence-electron chi connectivity index (χ3n) is 1.62. The van der Waals surface area contributed by atoms with E-state index >= 15 is 0 Å². The van der Waals surface area contributed by atoms with Gasteiger partial charge in [0.05, 0.1) is 22.9 Å². The van der Waals surface area contributed by atoms with Gasteiger partial charge >= 0.3 is 0 Å². The van der Waals surface area contributed by atoms with Crippen molar-refractivity contribution in [3.63, 3.8) is 0 Å². The van der Waals surface area contributed by atoms with Crippen molar-refractivity contribution in [3.05, 3.63) is 24.5 Å². The number of carbonyl (C=O) groups is 1. The molecule has 60 valence electrons. The van der Waals surface area contributed by atoms with Crippen LogP contribution in [0.4, 0.5) is 5.69 Å². The van der Waals surface area contributed by atoms with Gasteiger partial charge in [0.15, 0.2) is 0 Å². The number of aromatic amines is 1. The number of H-pyrrole nitrogens is 1. The van der Waals surface area contributed by atoms with Crippen molar-refractivity contribution in [2.24, 2.45) is 0 Å². The van der Waals surface area contributed by atoms with Crippen molar-refractivity contribution in [2.75, 3.05) is 5.32 Å². The Morgan fingerprint density at radius 2 is 2.50 bits per heavy atom. The number of anilines is 1. The smallest absolute Gasteiger partial charge is 0.211 e. The number of fused-ring (bicyclic) bond motifs is 1. The molecule has 2 aromatic heterocycles. The van der Waals surface area contributed by atoms with Gasteiger partial charge in [-0.1, -0.05) is 0 Å². The van der Waals surface area contributed by atoms with E-state index in [9.17, 15) is 4.79 Å². The fourth-order valence-electron chi connectivity index (χ4n) is 1.08. The van der Waals surface area contributed by atoms with Crippen molar-refractivity contribution in [1.82, 2.24) is 9.97 Å². The van der Waals surface area contributed by atoms with Crippen LogP contribution in [0.2, 0.25) is 0 Å². The summed E-state index contributed by atoms with van der Waals surface area (Å²) in [6, 6.07) is 3.71. The van der Waals surface area contributed by atoms with Gasteiger partial charge in [0.2, 0.25) is 6.41 Å². The molecule has 1 amide bonds. The zero-order valence-electron chi connectivity index (χ0n) is 6.24. The maximum Gasteiger partial charge on any atom is 0.211 e. The van der Waals surface area contributed by atoms with Crippen molar-refractivity contribution in [3.8, 4) is 0 Å². The Bertz CT molecular complexity index is 407. The third kappa shape index (κ3) is 1.03. The Morgan fingerprint density at radius 3 is 3.33 bits per heavy atom. The van der Waals surface area contributed by atoms with E-state index in [-0.39, 0.29) is 0 Å². The van der Waals surface area contributed by atoms with E-state index in [1.54, 1.807) is 6.20 Å². The Hall–Kier alpha value is -1.84. The predicted molar refractivity (Wildman–Crippen MR) is 45.8 cm³/mol. The number of amides is 1. The minimum atomic E-state index is 0.631. The SMILES string of the molecule is O=CNc1cnc2cc[nH]c2c1. The Balaban J connectivity index is 2.52. The molecule has 0 radical (unpaired) electrons. The Kier molecular flexibility index (Phi) is 1.51. The number of aromatic nitrogens is 2. The van der Waals surface area contributed by atoms with Gasteiger partial charge in [-0.05, 0) is 12.1 Å². The highest BCUT2D eigenvalue weighted by Gasteiger charge is 1.96. The average molecular weight is 161 g/mol. The molecule has 2 aromatic rings. The molecule has 0 unspecified atom stereocenters. The first-order chi connectivity index (χ1) is 5.90. The van der Waals surface area contributed by atoms with E-state index in [1.165, 1.54) is 0 Å². The molecular weight excluding hydrogens is 154 g/mol. The molecule has 12 heavy (non-hydrogen) atoms. The molecule has 0 fully saturated rings. The molecule has 0 atom stereocenters. The van der Waals surface area contributed by atoms with Crippen LogP contribution in [0.25, 0.3) is 11.0 Å². The van der Waals surface area contributed by atoms with Gasteiger partial charge in [-0.15, -0.1) is 0 Å². The molecule has 4 nitrogen and oxygen atoms in total. The molecule has 0 aliphatic heterocycles. The lowest BCUT2D eigenvalue weighted by molar-refractivity contribution is -0.105. The normalized spacial score (nSPS) is 10.0. The summed E-state index contributed by atoms with van der Waals surface area (Å²) in [4.78, 5) is 17.2. The van der Waals surface area contributed by atoms with Crippen molar-refractivity contribution < 1.29 is 4.79 Å². The van der Waals surface area contributed by atoms with Crippen LogP contribution < -0.4 is 5.32 Å². The second kappa shape index (κ2) is 2.65. The van der Waals surface area contributed by atoms with E-state index in [1.807, 2.05) is 18.3 Å². The molecule has 0 spiro atoms. The largest absolute Gasteiger partial charge is 0.360 e. The van der Waals surface area contributed by atoms with Gasteiger partial charge in [0.25, 0.3) is 0 Å². The van der Waals surface area contributed by atoms with E-state index < -0.39 is 0 Å². The zero-order chi connectivity index (χ0) is 8.39. The topological polar surface area (TPSA) is 57.8 Å². The van der Waals surface area contributed by atoms with Crippen LogP contribution in [0.5, 0.6) is 0 Å². The van der Waals surface area contributed by atoms with Gasteiger partial charge in [-0.2, -0.15) is 0 Å². The number of hydrogen-bond acceptors (Lipinski definition) is 2. The minimum Gasteiger partial charge on any atom is -0.360 e. The molecule has 2 heterocycles. The summed E-state index contributed by atoms with van der Waals surface area (Å²) in [7, 11) is 0. The van der Waals surface area contributed by atoms with Crippen LogP contribution in [0.1, 0.15) is 0 Å². The van der Waals surface area contributed by atoms with Crippen LogP contribution in [0.15, 0.2) is 24.5 Å². The van der Waals surface area contributed by atoms with Crippen LogP contribution in [0, 0.1) is 0 Å². The molecule has 0 aromatic carbocycles. The lowest BCUT2D eigenvalue weighted by Crippen LogP contribution is -1.93. The summed E-state index contributed by atoms with van der Waals surface area (Å²) in [6.07, 6.45) is 4.05. The quantitative estimate of drug-likeness (QED) is 0.648. The summed E-state index contributed by atoms with van der Waals surface area (Å²) in [5.41, 5.74) is 2.51. The van der Waals surface area contributed by atoms with Crippen molar-refractivity contribution >= 4 is 23.1 Å². The number of nitrogens with one attached hydrogen (secondary N) is 2. The Labute approximate surface area is 68.6 Å². The van der Waals surface area contributed by atoms with Gasteiger partial charge in [-0.3, -0.25) is 9.78 Å². The molecule has 4 heteroatoms. The molecule has 0 saturated carbocycles. The van der Waals surface area contributed by atoms with E-state index in [4.69, 9.17) is 0 Å². The monoisotopic (exact) mass is 161 g/mol. The second-order valence-corrected chi connectivity index (χ2v) is 2.40. The first-order valence-corrected chi connectivity index (χ1v) is 3.53. The summed E-state index contributed by atoms with van der Waals surface area (Å²) in [5.74, 6) is 0. The third-order valence-corrected chi connectivity index (χ3v) is 1.62. The first-order valence-electron chi connectivity index (χ1n) is 3.53. The van der Waals surface area contributed by atoms with Gasteiger partial charge in [0, 0.05) is 6.20 Å². The summed E-state index contributed by atoms with van der Waals surface area (Å²) < 4.78 is 0. The van der Waals surface area contributed by atoms with Crippen LogP contribution in [-0.2, 0) is 4.79 Å². The lowest BCUT2D eigenvalue weighted by atomic mass is 10.3. The number of nitrogens with zero attached hydrogens (tertiary/aromatic N) is 1. The molecule has 0 bridgehead atoms. The van der Waals surface area contributed by atoms with E-state index in [0.717, 1.165) is 11.0 Å². The standard InChI is InChI=1S/C8H7N3O/c12-5-11-6-3-8-7(10-4-6)1-2-9-8/h1-5,9H,(H,11,12). The fraction of sp³-hybridized carbons (Fsp3) is 0. The summed E-state index contributed by atoms with van der Waals surface area (Å²) >= 11 is 0. The molecule has 0 aliphatic rings. The van der Waals surface area contributed by atoms with Crippen molar-refractivity contribution in [2.45, 2.75) is 0 Å². The Morgan fingerprint density at radius 1 is 1.58 bits per heavy atom. The van der Waals surface area contributed by atoms with Gasteiger partial charge < -0.3 is 10.3 Å². The average Bonchev–Trinajstić information content (AvgIpc) is 2.51. The molecular formula is C8H7N3O. The maximum atomic E-state index is 10.1. The lowest BCUT2D eigenvalue weighted by Gasteiger charge is -1.96. The highest BCUT2D eigenvalue weighted by Crippen LogP contribution is 2.13. The first kappa shape index (κ1) is 6.84. The summed E-state index contributed by atoms with van der Waals surface area (Å²) in [5, 5.41) is 2.53. The van der Waals surface area contributed by atoms with Crippen molar-refractivity contribution in [1.29, 1.82) is 0 Å². The molecule has 0 saturated heterocycles. The fourth-order valence-corrected chi connectivity index (χ4v) is 1.08. The molecule has 0 aliphatic carbocycles. The van der Waals surface area contributed by atoms with Crippen LogP contribution in [0.3, 0.4) is 0 Å². The van der Waals surface area contributed by atoms with Gasteiger partial charge in [0.1, 0.15) is 0 Å². The highest BCUT2D eigenvalue weighted by molar-refractivity contribution is 5.81. The molecule has 2 rings (SSSR count). The van der Waals surface area contributed by atoms with E-state index in [2.05, 4.69) is 15.3 Å². The second-order valence-electron chi connectivity index (χ2n) is 2.40. The highest BCUT2D eigenvalue weighted by atomic mass is 16.1. The predicted octanol–water partition coefficient (Wildman–Crippen LogP) is 1.13. The number of pyridine rings is 1. The van der Waals surface area contributed by atoms with Crippen LogP contribution >= 0.6 is 0 Å². The number of hydrogen-bond donors (Lipinski definition) is 2.